The van der Waals surface area contributed by atoms with Crippen molar-refractivity contribution in [3.63, 3.8) is 0 Å². The molecule has 19 heavy (non-hydrogen) atoms. The van der Waals surface area contributed by atoms with Crippen LogP contribution < -0.4 is 0 Å². The highest BCUT2D eigenvalue weighted by Gasteiger charge is 2.49. The second-order valence-electron chi connectivity index (χ2n) is 4.90. The van der Waals surface area contributed by atoms with E-state index < -0.39 is 11.6 Å². The van der Waals surface area contributed by atoms with Gasteiger partial charge in [-0.3, -0.25) is 4.74 Å². The van der Waals surface area contributed by atoms with Crippen molar-refractivity contribution >= 4 is 0 Å². The Morgan fingerprint density at radius 2 is 1.68 bits per heavy atom. The highest BCUT2D eigenvalue weighted by Crippen LogP contribution is 2.44. The van der Waals surface area contributed by atoms with E-state index in [0.29, 0.717) is 0 Å². The minimum atomic E-state index is -1.08. The quantitative estimate of drug-likeness (QED) is 0.770. The van der Waals surface area contributed by atoms with Crippen LogP contribution in [-0.4, -0.2) is 12.8 Å². The van der Waals surface area contributed by atoms with Crippen LogP contribution in [-0.2, 0) is 15.4 Å². The van der Waals surface area contributed by atoms with Crippen molar-refractivity contribution in [2.24, 2.45) is 10.2 Å². The molecular weight excluding hydrogens is 240 g/mol. The molecule has 0 aliphatic carbocycles. The number of hydrogen-bond acceptors (Lipinski definition) is 4. The van der Waals surface area contributed by atoms with Crippen LogP contribution >= 0.6 is 0 Å². The largest absolute Gasteiger partial charge is 0.330 e. The molecule has 1 heterocycles. The molecule has 104 valence electrons. The molecule has 1 aromatic rings. The van der Waals surface area contributed by atoms with Crippen molar-refractivity contribution in [1.29, 1.82) is 0 Å². The van der Waals surface area contributed by atoms with Crippen LogP contribution in [0, 0.1) is 0 Å². The molecule has 4 heteroatoms. The molecule has 1 atom stereocenters. The summed E-state index contributed by atoms with van der Waals surface area (Å²) in [4.78, 5) is 0. The number of azo groups is 1. The summed E-state index contributed by atoms with van der Waals surface area (Å²) in [7, 11) is 1.61. The van der Waals surface area contributed by atoms with Gasteiger partial charge >= 0.3 is 5.91 Å². The van der Waals surface area contributed by atoms with Gasteiger partial charge in [-0.15, -0.1) is 5.11 Å². The molecule has 0 amide bonds. The van der Waals surface area contributed by atoms with E-state index in [0.717, 1.165) is 31.2 Å². The molecule has 0 spiro atoms. The van der Waals surface area contributed by atoms with E-state index in [1.807, 2.05) is 30.3 Å². The van der Waals surface area contributed by atoms with E-state index in [-0.39, 0.29) is 0 Å². The van der Waals surface area contributed by atoms with Gasteiger partial charge in [0, 0.05) is 12.7 Å². The highest BCUT2D eigenvalue weighted by atomic mass is 16.7. The average molecular weight is 262 g/mol. The number of hydrogen-bond donors (Lipinski definition) is 0. The number of nitrogens with zero attached hydrogens (tertiary/aromatic N) is 2. The van der Waals surface area contributed by atoms with Gasteiger partial charge in [-0.05, 0) is 12.8 Å². The Morgan fingerprint density at radius 3 is 2.21 bits per heavy atom. The molecule has 1 aromatic carbocycles. The summed E-state index contributed by atoms with van der Waals surface area (Å²) in [5.74, 6) is -1.08. The maximum atomic E-state index is 6.20. The number of ether oxygens (including phenoxy) is 2. The zero-order chi connectivity index (χ0) is 13.8. The zero-order valence-electron chi connectivity index (χ0n) is 11.9. The maximum absolute atomic E-state index is 6.20. The summed E-state index contributed by atoms with van der Waals surface area (Å²) in [6.45, 7) is 4.26. The Morgan fingerprint density at radius 1 is 1.05 bits per heavy atom. The van der Waals surface area contributed by atoms with Crippen LogP contribution in [0.4, 0.5) is 0 Å². The first kappa shape index (κ1) is 14.2. The monoisotopic (exact) mass is 262 g/mol. The first-order valence-electron chi connectivity index (χ1n) is 6.95. The summed E-state index contributed by atoms with van der Waals surface area (Å²) in [6.07, 6.45) is 3.74. The summed E-state index contributed by atoms with van der Waals surface area (Å²) >= 11 is 0. The molecule has 1 unspecified atom stereocenters. The van der Waals surface area contributed by atoms with E-state index in [1.54, 1.807) is 7.11 Å². The third-order valence-electron chi connectivity index (χ3n) is 3.39. The fraction of sp³-hybridized carbons (Fsp3) is 0.600. The van der Waals surface area contributed by atoms with Crippen LogP contribution in [0.1, 0.15) is 45.1 Å². The first-order valence-corrected chi connectivity index (χ1v) is 6.95. The first-order chi connectivity index (χ1) is 9.20. The Bertz CT molecular complexity index is 427. The lowest BCUT2D eigenvalue weighted by Crippen LogP contribution is -2.36. The molecule has 4 nitrogen and oxygen atoms in total. The molecule has 1 aliphatic rings. The second kappa shape index (κ2) is 5.80. The van der Waals surface area contributed by atoms with Crippen LogP contribution in [0.5, 0.6) is 0 Å². The van der Waals surface area contributed by atoms with Gasteiger partial charge in [0.2, 0.25) is 0 Å². The van der Waals surface area contributed by atoms with Gasteiger partial charge in [-0.1, -0.05) is 57.0 Å². The standard InChI is InChI=1S/C15H22N2O2/c1-4-11-14(12-5-2)16-17-15(18-3,19-14)13-9-7-6-8-10-13/h6-10H,4-5,11-12H2,1-3H3. The van der Waals surface area contributed by atoms with Crippen molar-refractivity contribution in [2.45, 2.75) is 51.2 Å². The topological polar surface area (TPSA) is 43.2 Å². The van der Waals surface area contributed by atoms with E-state index in [9.17, 15) is 0 Å². The molecule has 0 radical (unpaired) electrons. The molecule has 0 N–H and O–H groups in total. The Balaban J connectivity index is 2.29. The minimum absolute atomic E-state index is 0.532. The van der Waals surface area contributed by atoms with Gasteiger partial charge in [0.25, 0.3) is 0 Å². The molecule has 0 fully saturated rings. The molecule has 1 aliphatic heterocycles. The predicted molar refractivity (Wildman–Crippen MR) is 73.6 cm³/mol. The fourth-order valence-electron chi connectivity index (χ4n) is 2.53. The zero-order valence-corrected chi connectivity index (χ0v) is 11.9. The Kier molecular flexibility index (Phi) is 4.32. The predicted octanol–water partition coefficient (Wildman–Crippen LogP) is 4.22. The van der Waals surface area contributed by atoms with Crippen LogP contribution in [0.3, 0.4) is 0 Å². The van der Waals surface area contributed by atoms with E-state index in [2.05, 4.69) is 24.1 Å². The molecule has 0 aromatic heterocycles. The van der Waals surface area contributed by atoms with Crippen molar-refractivity contribution < 1.29 is 9.47 Å². The minimum Gasteiger partial charge on any atom is -0.330 e. The SMILES string of the molecule is CCCC1(CCC)N=NC(OC)(c2ccccc2)O1. The maximum Gasteiger partial charge on any atom is 0.317 e. The van der Waals surface area contributed by atoms with Gasteiger partial charge < -0.3 is 4.74 Å². The summed E-state index contributed by atoms with van der Waals surface area (Å²) in [6, 6.07) is 9.78. The molecular formula is C15H22N2O2. The van der Waals surface area contributed by atoms with Gasteiger partial charge in [0.15, 0.2) is 5.72 Å². The second-order valence-corrected chi connectivity index (χ2v) is 4.90. The van der Waals surface area contributed by atoms with Gasteiger partial charge in [0.1, 0.15) is 0 Å². The number of rotatable bonds is 6. The number of methoxy groups -OCH3 is 1. The molecule has 0 saturated carbocycles. The van der Waals surface area contributed by atoms with Gasteiger partial charge in [-0.2, -0.15) is 5.11 Å². The fourth-order valence-corrected chi connectivity index (χ4v) is 2.53. The van der Waals surface area contributed by atoms with E-state index in [4.69, 9.17) is 9.47 Å². The van der Waals surface area contributed by atoms with Crippen molar-refractivity contribution in [2.75, 3.05) is 7.11 Å². The molecule has 2 rings (SSSR count). The van der Waals surface area contributed by atoms with Crippen LogP contribution in [0.15, 0.2) is 40.6 Å². The Labute approximate surface area is 114 Å². The summed E-state index contributed by atoms with van der Waals surface area (Å²) < 4.78 is 11.7. The average Bonchev–Trinajstić information content (AvgIpc) is 2.81. The van der Waals surface area contributed by atoms with Crippen LogP contribution in [0.2, 0.25) is 0 Å². The Hall–Kier alpha value is -1.26. The van der Waals surface area contributed by atoms with Crippen molar-refractivity contribution in [1.82, 2.24) is 0 Å². The molecule has 0 saturated heterocycles. The smallest absolute Gasteiger partial charge is 0.317 e. The normalized spacial score (nSPS) is 24.8. The molecule has 0 bridgehead atoms. The lowest BCUT2D eigenvalue weighted by molar-refractivity contribution is -0.259. The van der Waals surface area contributed by atoms with Gasteiger partial charge in [-0.25, -0.2) is 0 Å². The lowest BCUT2D eigenvalue weighted by Gasteiger charge is -2.30. The van der Waals surface area contributed by atoms with Crippen molar-refractivity contribution in [3.05, 3.63) is 35.9 Å². The van der Waals surface area contributed by atoms with Crippen molar-refractivity contribution in [3.8, 4) is 0 Å². The summed E-state index contributed by atoms with van der Waals surface area (Å²) in [5, 5.41) is 8.75. The third-order valence-corrected chi connectivity index (χ3v) is 3.39. The van der Waals surface area contributed by atoms with Gasteiger partial charge in [0.05, 0.1) is 0 Å². The number of benzene rings is 1. The highest BCUT2D eigenvalue weighted by molar-refractivity contribution is 5.20. The lowest BCUT2D eigenvalue weighted by atomic mass is 10.0. The van der Waals surface area contributed by atoms with Crippen LogP contribution in [0.25, 0.3) is 0 Å². The third kappa shape index (κ3) is 2.69. The van der Waals surface area contributed by atoms with E-state index in [1.165, 1.54) is 0 Å². The summed E-state index contributed by atoms with van der Waals surface area (Å²) in [5.41, 5.74) is 0.352. The van der Waals surface area contributed by atoms with E-state index >= 15 is 0 Å².